The lowest BCUT2D eigenvalue weighted by molar-refractivity contribution is -0.687. The summed E-state index contributed by atoms with van der Waals surface area (Å²) in [6, 6.07) is 9.07. The van der Waals surface area contributed by atoms with Gasteiger partial charge in [-0.05, 0) is 61.4 Å². The van der Waals surface area contributed by atoms with Gasteiger partial charge in [0.2, 0.25) is 11.6 Å². The first-order valence-electron chi connectivity index (χ1n) is 20.5. The van der Waals surface area contributed by atoms with Crippen LogP contribution in [0, 0.1) is 5.92 Å². The van der Waals surface area contributed by atoms with Gasteiger partial charge in [0.15, 0.2) is 17.6 Å². The van der Waals surface area contributed by atoms with E-state index >= 15 is 0 Å². The van der Waals surface area contributed by atoms with Crippen LogP contribution in [0.2, 0.25) is 0 Å². The molecule has 2 aromatic carbocycles. The van der Waals surface area contributed by atoms with E-state index < -0.39 is 70.4 Å². The first kappa shape index (κ1) is 47.6. The second-order valence-corrected chi connectivity index (χ2v) is 15.7. The van der Waals surface area contributed by atoms with Crippen LogP contribution in [0.1, 0.15) is 52.6 Å². The number of nitrogens with one attached hydrogen (secondary N) is 8. The molecular weight excluding hydrogens is 881 g/mol. The van der Waals surface area contributed by atoms with Gasteiger partial charge in [0.25, 0.3) is 17.4 Å². The predicted molar refractivity (Wildman–Crippen MR) is 237 cm³/mol. The fourth-order valence-corrected chi connectivity index (χ4v) is 7.36. The van der Waals surface area contributed by atoms with Crippen LogP contribution in [-0.2, 0) is 32.3 Å². The number of aromatic nitrogens is 6. The van der Waals surface area contributed by atoms with Gasteiger partial charge in [-0.25, -0.2) is 19.4 Å². The van der Waals surface area contributed by atoms with E-state index in [1.54, 1.807) is 22.9 Å². The summed E-state index contributed by atoms with van der Waals surface area (Å²) in [5, 5.41) is 52.9. The van der Waals surface area contributed by atoms with Gasteiger partial charge < -0.3 is 63.4 Å². The lowest BCUT2D eigenvalue weighted by Crippen LogP contribution is -2.65. The summed E-state index contributed by atoms with van der Waals surface area (Å²) in [4.78, 5) is 117. The largest absolute Gasteiger partial charge is 0.481 e. The lowest BCUT2D eigenvalue weighted by atomic mass is 9.94. The molecule has 0 spiro atoms. The Labute approximate surface area is 377 Å². The number of rotatable bonds is 20. The Morgan fingerprint density at radius 3 is 1.97 bits per heavy atom. The number of anilines is 6. The number of carboxylic acid groups (broad SMARTS) is 4. The molecule has 67 heavy (non-hydrogen) atoms. The molecule has 0 aliphatic carbocycles. The van der Waals surface area contributed by atoms with Gasteiger partial charge >= 0.3 is 46.5 Å². The number of aliphatic carboxylic acids is 4. The maximum absolute atomic E-state index is 13.3. The second-order valence-electron chi connectivity index (χ2n) is 15.7. The number of hydrogen-bond donors (Lipinski definition) is 13. The maximum Gasteiger partial charge on any atom is 0.403 e. The molecule has 1 aliphatic heterocycles. The molecule has 0 bridgehead atoms. The number of carboxylic acids is 4. The predicted octanol–water partition coefficient (Wildman–Crippen LogP) is -1.36. The normalized spacial score (nSPS) is 15.5. The molecule has 26 nitrogen and oxygen atoms in total. The van der Waals surface area contributed by atoms with E-state index in [0.29, 0.717) is 17.1 Å². The van der Waals surface area contributed by atoms with E-state index in [0.717, 1.165) is 0 Å². The number of carbonyl (C=O) groups is 6. The van der Waals surface area contributed by atoms with E-state index in [1.165, 1.54) is 55.3 Å². The lowest BCUT2D eigenvalue weighted by Gasteiger charge is -2.43. The third-order valence-corrected chi connectivity index (χ3v) is 11.2. The second kappa shape index (κ2) is 19.9. The minimum Gasteiger partial charge on any atom is -0.481 e. The van der Waals surface area contributed by atoms with Crippen molar-refractivity contribution in [3.63, 3.8) is 0 Å². The Morgan fingerprint density at radius 1 is 0.821 bits per heavy atom. The topological polar surface area (TPSA) is 408 Å². The third kappa shape index (κ3) is 10.8. The molecule has 0 saturated carbocycles. The minimum absolute atomic E-state index is 0.0128. The van der Waals surface area contributed by atoms with Crippen LogP contribution in [-0.4, -0.2) is 114 Å². The molecule has 2 amide bonds. The van der Waals surface area contributed by atoms with Crippen LogP contribution in [0.15, 0.2) is 64.3 Å². The van der Waals surface area contributed by atoms with Crippen molar-refractivity contribution in [1.29, 1.82) is 0 Å². The minimum atomic E-state index is -1.64. The Balaban J connectivity index is 1.09. The molecule has 5 aromatic rings. The zero-order chi connectivity index (χ0) is 48.7. The number of nitrogens with zero attached hydrogens (tertiary/aromatic N) is 4. The van der Waals surface area contributed by atoms with Crippen molar-refractivity contribution >= 4 is 81.6 Å². The first-order chi connectivity index (χ1) is 31.8. The molecule has 4 atom stereocenters. The fourth-order valence-electron chi connectivity index (χ4n) is 7.36. The van der Waals surface area contributed by atoms with Gasteiger partial charge in [0.05, 0.1) is 19.0 Å². The van der Waals surface area contributed by atoms with Crippen molar-refractivity contribution in [1.82, 2.24) is 30.6 Å². The van der Waals surface area contributed by atoms with Crippen LogP contribution in [0.3, 0.4) is 0 Å². The number of aromatic amines is 3. The highest BCUT2D eigenvalue weighted by Gasteiger charge is 2.47. The molecule has 0 saturated heterocycles. The van der Waals surface area contributed by atoms with Crippen molar-refractivity contribution in [2.24, 2.45) is 5.92 Å². The van der Waals surface area contributed by atoms with Crippen molar-refractivity contribution < 1.29 is 58.7 Å². The van der Waals surface area contributed by atoms with E-state index in [1.807, 2.05) is 0 Å². The number of carbonyl (C=O) groups excluding carboxylic acids is 2. The smallest absolute Gasteiger partial charge is 0.403 e. The van der Waals surface area contributed by atoms with Crippen molar-refractivity contribution in [3.8, 4) is 0 Å². The number of fused-ring (bicyclic) bond motifs is 2. The Bertz CT molecular complexity index is 2850. The zero-order valence-electron chi connectivity index (χ0n) is 35.9. The van der Waals surface area contributed by atoms with Gasteiger partial charge in [0.1, 0.15) is 30.9 Å². The average Bonchev–Trinajstić information content (AvgIpc) is 3.27. The molecule has 26 heteroatoms. The monoisotopic (exact) mass is 928 g/mol. The van der Waals surface area contributed by atoms with Crippen LogP contribution in [0.25, 0.3) is 11.2 Å². The third-order valence-electron chi connectivity index (χ3n) is 11.2. The summed E-state index contributed by atoms with van der Waals surface area (Å²) in [5.41, 5.74) is 10.5. The molecule has 0 fully saturated rings. The van der Waals surface area contributed by atoms with Gasteiger partial charge in [-0.3, -0.25) is 33.9 Å². The van der Waals surface area contributed by atoms with Crippen molar-refractivity contribution in [3.05, 3.63) is 92.3 Å². The highest BCUT2D eigenvalue weighted by atomic mass is 16.4. The van der Waals surface area contributed by atoms with E-state index in [-0.39, 0.29) is 91.1 Å². The van der Waals surface area contributed by atoms with Crippen LogP contribution < -0.4 is 63.6 Å². The summed E-state index contributed by atoms with van der Waals surface area (Å²) in [7, 11) is 1.45. The van der Waals surface area contributed by atoms with Crippen LogP contribution >= 0.6 is 0 Å². The van der Waals surface area contributed by atoms with Gasteiger partial charge in [0, 0.05) is 41.0 Å². The number of amides is 2. The molecule has 16 N–H and O–H groups in total. The number of hydrogen-bond acceptors (Lipinski definition) is 16. The zero-order valence-corrected chi connectivity index (χ0v) is 35.9. The quantitative estimate of drug-likeness (QED) is 0.0401. The SMILES string of the molecule is CC(CC(NC(=O)c1ccc(NCc2c[nH+]c3nc(N)[nH]c(=O)c3[n+]2CCCC(NC(=O)c2ccc(NCC3(C(=O)O)CNc4nc(N)[nH]c(=O)c4N3C)cc2)C(=O)O)cc1)C(=O)O)C(=O)O. The van der Waals surface area contributed by atoms with Crippen LogP contribution in [0.4, 0.5) is 34.8 Å². The molecule has 6 rings (SSSR count). The Morgan fingerprint density at radius 2 is 1.39 bits per heavy atom. The number of nitrogen functional groups attached to an aromatic ring is 2. The maximum atomic E-state index is 13.3. The summed E-state index contributed by atoms with van der Waals surface area (Å²) in [6.07, 6.45) is 1.32. The first-order valence-corrected chi connectivity index (χ1v) is 20.5. The summed E-state index contributed by atoms with van der Waals surface area (Å²) < 4.78 is 1.61. The molecule has 0 radical (unpaired) electrons. The van der Waals surface area contributed by atoms with Crippen molar-refractivity contribution in [2.45, 2.75) is 56.9 Å². The highest BCUT2D eigenvalue weighted by molar-refractivity contribution is 5.98. The molecule has 3 aromatic heterocycles. The van der Waals surface area contributed by atoms with E-state index in [2.05, 4.69) is 51.5 Å². The number of benzene rings is 2. The van der Waals surface area contributed by atoms with Crippen LogP contribution in [0.5, 0.6) is 0 Å². The molecule has 1 aliphatic rings. The molecular formula is C41H48N14O12+2. The average molecular weight is 929 g/mol. The molecule has 4 unspecified atom stereocenters. The van der Waals surface area contributed by atoms with E-state index in [4.69, 9.17) is 16.6 Å². The number of aryl methyl sites for hydroxylation is 1. The number of likely N-dealkylation sites (N-methyl/N-ethyl adjacent to an activating group) is 1. The summed E-state index contributed by atoms with van der Waals surface area (Å²) in [5.74, 6) is -7.72. The number of H-pyrrole nitrogens is 3. The van der Waals surface area contributed by atoms with E-state index in [9.17, 15) is 53.7 Å². The number of nitrogens with two attached hydrogens (primary N) is 2. The molecule has 4 heterocycles. The van der Waals surface area contributed by atoms with Gasteiger partial charge in [-0.1, -0.05) is 6.92 Å². The van der Waals surface area contributed by atoms with Crippen molar-refractivity contribution in [2.75, 3.05) is 52.5 Å². The summed E-state index contributed by atoms with van der Waals surface area (Å²) in [6.45, 7) is 1.18. The fraction of sp³-hybridized carbons (Fsp3) is 0.317. The Kier molecular flexibility index (Phi) is 14.2. The molecule has 352 valence electrons. The standard InChI is InChI=1S/C41H46N14O12/c1-19(35(60)61)14-26(37(64)65)49-32(57)21-5-9-22(10-6-21)44-15-24-16-45-30-28(34(59)53-40(43)51-30)55(24)13-3-4-25(36(62)63)48-31(56)20-7-11-23(12-8-20)46-17-41(38(66)67)18-47-29-27(54(41)2)33(58)52-39(42)50-29/h5-12,16,19,25-26H,3-4,13-15,17-18H2,1-2H3,(H14-,42,43,44,45,46,47,48,49,50,51,52,53,56,57,58,59,60,61,62,63,64,65,66,67)/p+2. The van der Waals surface area contributed by atoms with Gasteiger partial charge in [-0.2, -0.15) is 9.55 Å². The Hall–Kier alpha value is -8.84. The highest BCUT2D eigenvalue weighted by Crippen LogP contribution is 2.32. The van der Waals surface area contributed by atoms with Gasteiger partial charge in [-0.15, -0.1) is 0 Å². The summed E-state index contributed by atoms with van der Waals surface area (Å²) >= 11 is 0.